The minimum atomic E-state index is 0.0602. The van der Waals surface area contributed by atoms with E-state index in [4.69, 9.17) is 0 Å². The van der Waals surface area contributed by atoms with Crippen molar-refractivity contribution in [1.82, 2.24) is 4.90 Å². The lowest BCUT2D eigenvalue weighted by molar-refractivity contribution is 0.0785. The normalized spacial score (nSPS) is 10.5. The number of rotatable bonds is 4. The molecule has 100 valence electrons. The maximum atomic E-state index is 12.3. The van der Waals surface area contributed by atoms with E-state index in [1.54, 1.807) is 16.2 Å². The summed E-state index contributed by atoms with van der Waals surface area (Å²) in [6.07, 6.45) is 0.993. The van der Waals surface area contributed by atoms with E-state index < -0.39 is 0 Å². The molecule has 0 aliphatic rings. The average molecular weight is 338 g/mol. The molecule has 0 unspecified atom stereocenters. The highest BCUT2D eigenvalue weighted by Gasteiger charge is 2.12. The van der Waals surface area contributed by atoms with Gasteiger partial charge in [-0.05, 0) is 57.1 Å². The van der Waals surface area contributed by atoms with E-state index in [1.807, 2.05) is 31.3 Å². The van der Waals surface area contributed by atoms with Crippen LogP contribution in [-0.2, 0) is 13.0 Å². The highest BCUT2D eigenvalue weighted by Crippen LogP contribution is 2.22. The van der Waals surface area contributed by atoms with E-state index in [-0.39, 0.29) is 5.91 Å². The summed E-state index contributed by atoms with van der Waals surface area (Å²) >= 11 is 5.07. The highest BCUT2D eigenvalue weighted by atomic mass is 79.9. The molecule has 0 fully saturated rings. The molecule has 0 N–H and O–H groups in total. The number of aryl methyl sites for hydroxylation is 1. The summed E-state index contributed by atoms with van der Waals surface area (Å²) in [6, 6.07) is 9.89. The van der Waals surface area contributed by atoms with Gasteiger partial charge in [-0.3, -0.25) is 4.79 Å². The Kier molecular flexibility index (Phi) is 4.77. The van der Waals surface area contributed by atoms with Crippen molar-refractivity contribution in [3.63, 3.8) is 0 Å². The molecule has 19 heavy (non-hydrogen) atoms. The SMILES string of the molecule is CCc1ccc(C(=O)N(C)Cc2csc(Br)c2)cc1. The second kappa shape index (κ2) is 6.35. The van der Waals surface area contributed by atoms with Gasteiger partial charge in [-0.2, -0.15) is 0 Å². The van der Waals surface area contributed by atoms with Crippen LogP contribution in [0.3, 0.4) is 0 Å². The van der Waals surface area contributed by atoms with E-state index >= 15 is 0 Å². The van der Waals surface area contributed by atoms with Crippen molar-refractivity contribution < 1.29 is 4.79 Å². The van der Waals surface area contributed by atoms with Gasteiger partial charge >= 0.3 is 0 Å². The fourth-order valence-corrected chi connectivity index (χ4v) is 3.08. The van der Waals surface area contributed by atoms with Crippen LogP contribution in [0.15, 0.2) is 39.5 Å². The first-order valence-corrected chi connectivity index (χ1v) is 7.84. The lowest BCUT2D eigenvalue weighted by Crippen LogP contribution is -2.25. The number of thiophene rings is 1. The maximum absolute atomic E-state index is 12.3. The molecule has 0 saturated carbocycles. The third-order valence-corrected chi connectivity index (χ3v) is 4.55. The lowest BCUT2D eigenvalue weighted by Gasteiger charge is -2.16. The Labute approximate surface area is 126 Å². The molecule has 1 amide bonds. The van der Waals surface area contributed by atoms with Gasteiger partial charge in [0, 0.05) is 19.2 Å². The van der Waals surface area contributed by atoms with Crippen LogP contribution >= 0.6 is 27.3 Å². The highest BCUT2D eigenvalue weighted by molar-refractivity contribution is 9.11. The van der Waals surface area contributed by atoms with Gasteiger partial charge in [-0.1, -0.05) is 19.1 Å². The van der Waals surface area contributed by atoms with Gasteiger partial charge in [-0.25, -0.2) is 0 Å². The first-order valence-electron chi connectivity index (χ1n) is 6.17. The number of nitrogens with zero attached hydrogens (tertiary/aromatic N) is 1. The third kappa shape index (κ3) is 3.67. The van der Waals surface area contributed by atoms with Gasteiger partial charge in [0.05, 0.1) is 3.79 Å². The fraction of sp³-hybridized carbons (Fsp3) is 0.267. The molecular formula is C15H16BrNOS. The molecule has 0 aliphatic carbocycles. The standard InChI is InChI=1S/C15H16BrNOS/c1-3-11-4-6-13(7-5-11)15(18)17(2)9-12-8-14(16)19-10-12/h4-8,10H,3,9H2,1-2H3. The zero-order chi connectivity index (χ0) is 13.8. The van der Waals surface area contributed by atoms with Crippen LogP contribution in [0.1, 0.15) is 28.4 Å². The molecule has 2 nitrogen and oxygen atoms in total. The molecule has 1 aromatic heterocycles. The number of amides is 1. The Bertz CT molecular complexity index is 562. The monoisotopic (exact) mass is 337 g/mol. The van der Waals surface area contributed by atoms with Crippen molar-refractivity contribution in [2.24, 2.45) is 0 Å². The topological polar surface area (TPSA) is 20.3 Å². The van der Waals surface area contributed by atoms with Gasteiger partial charge < -0.3 is 4.90 Å². The summed E-state index contributed by atoms with van der Waals surface area (Å²) in [5, 5.41) is 2.06. The zero-order valence-corrected chi connectivity index (χ0v) is 13.4. The quantitative estimate of drug-likeness (QED) is 0.812. The van der Waals surface area contributed by atoms with E-state index in [2.05, 4.69) is 34.3 Å². The van der Waals surface area contributed by atoms with Crippen LogP contribution in [0.2, 0.25) is 0 Å². The van der Waals surface area contributed by atoms with E-state index in [1.165, 1.54) is 5.56 Å². The molecule has 0 atom stereocenters. The van der Waals surface area contributed by atoms with Gasteiger partial charge in [0.15, 0.2) is 0 Å². The molecule has 0 aliphatic heterocycles. The number of halogens is 1. The number of carbonyl (C=O) groups excluding carboxylic acids is 1. The van der Waals surface area contributed by atoms with Gasteiger partial charge in [0.25, 0.3) is 5.91 Å². The van der Waals surface area contributed by atoms with Crippen LogP contribution in [0.25, 0.3) is 0 Å². The lowest BCUT2D eigenvalue weighted by atomic mass is 10.1. The first kappa shape index (κ1) is 14.3. The number of hydrogen-bond donors (Lipinski definition) is 0. The van der Waals surface area contributed by atoms with Gasteiger partial charge in [0.1, 0.15) is 0 Å². The largest absolute Gasteiger partial charge is 0.337 e. The molecule has 1 aromatic carbocycles. The fourth-order valence-electron chi connectivity index (χ4n) is 1.88. The minimum absolute atomic E-state index is 0.0602. The predicted molar refractivity (Wildman–Crippen MR) is 83.6 cm³/mol. The van der Waals surface area contributed by atoms with Crippen LogP contribution in [-0.4, -0.2) is 17.9 Å². The first-order chi connectivity index (χ1) is 9.10. The molecule has 2 rings (SSSR count). The average Bonchev–Trinajstić information content (AvgIpc) is 2.83. The summed E-state index contributed by atoms with van der Waals surface area (Å²) in [5.41, 5.74) is 3.15. The Morgan fingerprint density at radius 2 is 1.95 bits per heavy atom. The number of benzene rings is 1. The second-order valence-corrected chi connectivity index (χ2v) is 6.76. The van der Waals surface area contributed by atoms with Crippen molar-refractivity contribution in [3.8, 4) is 0 Å². The molecule has 1 heterocycles. The second-order valence-electron chi connectivity index (χ2n) is 4.47. The van der Waals surface area contributed by atoms with Crippen molar-refractivity contribution in [1.29, 1.82) is 0 Å². The Morgan fingerprint density at radius 3 is 2.47 bits per heavy atom. The minimum Gasteiger partial charge on any atom is -0.337 e. The van der Waals surface area contributed by atoms with Crippen LogP contribution in [0, 0.1) is 0 Å². The molecule has 4 heteroatoms. The van der Waals surface area contributed by atoms with E-state index in [9.17, 15) is 4.79 Å². The third-order valence-electron chi connectivity index (χ3n) is 3.00. The molecule has 0 saturated heterocycles. The zero-order valence-electron chi connectivity index (χ0n) is 11.0. The number of hydrogen-bond acceptors (Lipinski definition) is 2. The predicted octanol–water partition coefficient (Wildman–Crippen LogP) is 4.35. The Morgan fingerprint density at radius 1 is 1.26 bits per heavy atom. The Balaban J connectivity index is 2.05. The summed E-state index contributed by atoms with van der Waals surface area (Å²) in [6.45, 7) is 2.74. The van der Waals surface area contributed by atoms with Crippen molar-refractivity contribution in [3.05, 3.63) is 56.2 Å². The molecule has 0 spiro atoms. The van der Waals surface area contributed by atoms with Gasteiger partial charge in [0.2, 0.25) is 0 Å². The molecule has 2 aromatic rings. The van der Waals surface area contributed by atoms with Crippen LogP contribution in [0.4, 0.5) is 0 Å². The smallest absolute Gasteiger partial charge is 0.253 e. The van der Waals surface area contributed by atoms with E-state index in [0.29, 0.717) is 6.54 Å². The van der Waals surface area contributed by atoms with Crippen LogP contribution < -0.4 is 0 Å². The van der Waals surface area contributed by atoms with E-state index in [0.717, 1.165) is 21.3 Å². The van der Waals surface area contributed by atoms with Crippen molar-refractivity contribution in [2.75, 3.05) is 7.05 Å². The summed E-state index contributed by atoms with van der Waals surface area (Å²) in [5.74, 6) is 0.0602. The molecule has 0 radical (unpaired) electrons. The molecule has 0 bridgehead atoms. The number of carbonyl (C=O) groups is 1. The Hall–Kier alpha value is -1.13. The van der Waals surface area contributed by atoms with Crippen molar-refractivity contribution >= 4 is 33.2 Å². The van der Waals surface area contributed by atoms with Gasteiger partial charge in [-0.15, -0.1) is 11.3 Å². The summed E-state index contributed by atoms with van der Waals surface area (Å²) in [4.78, 5) is 14.0. The maximum Gasteiger partial charge on any atom is 0.253 e. The summed E-state index contributed by atoms with van der Waals surface area (Å²) in [7, 11) is 1.83. The van der Waals surface area contributed by atoms with Crippen molar-refractivity contribution in [2.45, 2.75) is 19.9 Å². The van der Waals surface area contributed by atoms with Crippen LogP contribution in [0.5, 0.6) is 0 Å². The summed E-state index contributed by atoms with van der Waals surface area (Å²) < 4.78 is 1.09. The molecular weight excluding hydrogens is 322 g/mol.